The minimum atomic E-state index is 0.525. The molecule has 0 aromatic heterocycles. The molecular formula is C19H31N3O3. The Morgan fingerprint density at radius 2 is 1.96 bits per heavy atom. The predicted molar refractivity (Wildman–Crippen MR) is 101 cm³/mol. The lowest BCUT2D eigenvalue weighted by molar-refractivity contribution is 0.266. The van der Waals surface area contributed by atoms with Gasteiger partial charge in [-0.15, -0.1) is 0 Å². The first-order valence-electron chi connectivity index (χ1n) is 8.95. The van der Waals surface area contributed by atoms with Gasteiger partial charge in [0.15, 0.2) is 17.5 Å². The Morgan fingerprint density at radius 3 is 2.56 bits per heavy atom. The van der Waals surface area contributed by atoms with Gasteiger partial charge in [-0.2, -0.15) is 0 Å². The highest BCUT2D eigenvalue weighted by molar-refractivity contribution is 5.80. The van der Waals surface area contributed by atoms with Crippen molar-refractivity contribution in [2.45, 2.75) is 33.2 Å². The number of likely N-dealkylation sites (tertiary alicyclic amines) is 1. The van der Waals surface area contributed by atoms with Gasteiger partial charge in [-0.05, 0) is 37.8 Å². The Bertz CT molecular complexity index is 590. The molecule has 0 radical (unpaired) electrons. The molecule has 6 heteroatoms. The van der Waals surface area contributed by atoms with Gasteiger partial charge in [0.05, 0.1) is 27.9 Å². The van der Waals surface area contributed by atoms with Crippen molar-refractivity contribution in [3.63, 3.8) is 0 Å². The van der Waals surface area contributed by atoms with Crippen molar-refractivity contribution < 1.29 is 14.2 Å². The Hall–Kier alpha value is -2.11. The van der Waals surface area contributed by atoms with E-state index in [9.17, 15) is 0 Å². The SMILES string of the molecule is CCNC(=NCc1ccc(OC)c(OC)c1OC)N1CCCC(C)C1. The predicted octanol–water partition coefficient (Wildman–Crippen LogP) is 2.91. The number of rotatable bonds is 6. The second kappa shape index (κ2) is 9.39. The van der Waals surface area contributed by atoms with Crippen LogP contribution in [0.4, 0.5) is 0 Å². The van der Waals surface area contributed by atoms with Crippen LogP contribution in [-0.2, 0) is 6.54 Å². The van der Waals surface area contributed by atoms with E-state index < -0.39 is 0 Å². The van der Waals surface area contributed by atoms with Crippen LogP contribution in [0.5, 0.6) is 17.2 Å². The molecule has 0 amide bonds. The molecule has 1 atom stereocenters. The minimum Gasteiger partial charge on any atom is -0.493 e. The van der Waals surface area contributed by atoms with E-state index in [1.54, 1.807) is 21.3 Å². The van der Waals surface area contributed by atoms with E-state index in [0.717, 1.165) is 31.2 Å². The molecule has 1 fully saturated rings. The van der Waals surface area contributed by atoms with E-state index >= 15 is 0 Å². The normalized spacial score (nSPS) is 18.0. The van der Waals surface area contributed by atoms with Crippen LogP contribution < -0.4 is 19.5 Å². The van der Waals surface area contributed by atoms with Gasteiger partial charge < -0.3 is 24.4 Å². The number of methoxy groups -OCH3 is 3. The first-order valence-corrected chi connectivity index (χ1v) is 8.95. The number of benzene rings is 1. The minimum absolute atomic E-state index is 0.525. The maximum atomic E-state index is 5.56. The summed E-state index contributed by atoms with van der Waals surface area (Å²) >= 11 is 0. The molecule has 25 heavy (non-hydrogen) atoms. The van der Waals surface area contributed by atoms with Gasteiger partial charge in [-0.3, -0.25) is 0 Å². The molecule has 140 valence electrons. The van der Waals surface area contributed by atoms with Gasteiger partial charge >= 0.3 is 0 Å². The molecule has 0 spiro atoms. The zero-order valence-corrected chi connectivity index (χ0v) is 16.1. The maximum Gasteiger partial charge on any atom is 0.203 e. The third kappa shape index (κ3) is 4.71. The third-order valence-corrected chi connectivity index (χ3v) is 4.48. The van der Waals surface area contributed by atoms with Crippen molar-refractivity contribution in [2.75, 3.05) is 41.0 Å². The van der Waals surface area contributed by atoms with E-state index in [4.69, 9.17) is 19.2 Å². The molecule has 0 aliphatic carbocycles. The summed E-state index contributed by atoms with van der Waals surface area (Å²) in [6.45, 7) is 7.88. The molecule has 1 aromatic rings. The number of ether oxygens (including phenoxy) is 3. The van der Waals surface area contributed by atoms with E-state index in [2.05, 4.69) is 24.1 Å². The molecule has 1 N–H and O–H groups in total. The number of nitrogens with zero attached hydrogens (tertiary/aromatic N) is 2. The lowest BCUT2D eigenvalue weighted by atomic mass is 10.0. The maximum absolute atomic E-state index is 5.56. The lowest BCUT2D eigenvalue weighted by Gasteiger charge is -2.33. The Kier molecular flexibility index (Phi) is 7.22. The first-order chi connectivity index (χ1) is 12.1. The number of piperidine rings is 1. The van der Waals surface area contributed by atoms with Crippen molar-refractivity contribution in [1.82, 2.24) is 10.2 Å². The number of nitrogens with one attached hydrogen (secondary N) is 1. The third-order valence-electron chi connectivity index (χ3n) is 4.48. The van der Waals surface area contributed by atoms with Gasteiger partial charge in [-0.25, -0.2) is 4.99 Å². The molecule has 0 saturated carbocycles. The van der Waals surface area contributed by atoms with Gasteiger partial charge in [-0.1, -0.05) is 6.92 Å². The van der Waals surface area contributed by atoms with Crippen molar-refractivity contribution in [3.8, 4) is 17.2 Å². The number of hydrogen-bond donors (Lipinski definition) is 1. The highest BCUT2D eigenvalue weighted by atomic mass is 16.5. The van der Waals surface area contributed by atoms with Gasteiger partial charge in [0, 0.05) is 25.2 Å². The summed E-state index contributed by atoms with van der Waals surface area (Å²) in [6, 6.07) is 3.87. The van der Waals surface area contributed by atoms with Crippen LogP contribution in [0, 0.1) is 5.92 Å². The molecule has 1 saturated heterocycles. The van der Waals surface area contributed by atoms with Crippen LogP contribution in [0.15, 0.2) is 17.1 Å². The van der Waals surface area contributed by atoms with Crippen molar-refractivity contribution in [3.05, 3.63) is 17.7 Å². The zero-order valence-electron chi connectivity index (χ0n) is 16.1. The molecule has 1 unspecified atom stereocenters. The lowest BCUT2D eigenvalue weighted by Crippen LogP contribution is -2.46. The largest absolute Gasteiger partial charge is 0.493 e. The quantitative estimate of drug-likeness (QED) is 0.632. The standard InChI is InChI=1S/C19H31N3O3/c1-6-20-19(22-11-7-8-14(2)13-22)21-12-15-9-10-16(23-3)18(25-5)17(15)24-4/h9-10,14H,6-8,11-13H2,1-5H3,(H,20,21). The zero-order chi connectivity index (χ0) is 18.2. The van der Waals surface area contributed by atoms with Gasteiger partial charge in [0.2, 0.25) is 5.75 Å². The van der Waals surface area contributed by atoms with Crippen molar-refractivity contribution in [2.24, 2.45) is 10.9 Å². The number of aliphatic imine (C=N–C) groups is 1. The molecular weight excluding hydrogens is 318 g/mol. The van der Waals surface area contributed by atoms with Crippen LogP contribution in [0.2, 0.25) is 0 Å². The second-order valence-electron chi connectivity index (χ2n) is 6.36. The molecule has 2 rings (SSSR count). The molecule has 1 aliphatic heterocycles. The van der Waals surface area contributed by atoms with Crippen LogP contribution in [0.1, 0.15) is 32.3 Å². The molecule has 1 aromatic carbocycles. The van der Waals surface area contributed by atoms with Crippen LogP contribution in [0.25, 0.3) is 0 Å². The van der Waals surface area contributed by atoms with Gasteiger partial charge in [0.1, 0.15) is 0 Å². The average Bonchev–Trinajstić information content (AvgIpc) is 2.64. The van der Waals surface area contributed by atoms with E-state index in [1.807, 2.05) is 12.1 Å². The summed E-state index contributed by atoms with van der Waals surface area (Å²) < 4.78 is 16.4. The summed E-state index contributed by atoms with van der Waals surface area (Å²) in [4.78, 5) is 7.19. The first kappa shape index (κ1) is 19.2. The van der Waals surface area contributed by atoms with Crippen LogP contribution in [-0.4, -0.2) is 51.8 Å². The second-order valence-corrected chi connectivity index (χ2v) is 6.36. The number of guanidine groups is 1. The molecule has 0 bridgehead atoms. The average molecular weight is 349 g/mol. The van der Waals surface area contributed by atoms with E-state index in [-0.39, 0.29) is 0 Å². The van der Waals surface area contributed by atoms with E-state index in [0.29, 0.717) is 29.7 Å². The van der Waals surface area contributed by atoms with Crippen LogP contribution in [0.3, 0.4) is 0 Å². The Labute approximate surface area is 151 Å². The van der Waals surface area contributed by atoms with Crippen molar-refractivity contribution in [1.29, 1.82) is 0 Å². The fraction of sp³-hybridized carbons (Fsp3) is 0.632. The van der Waals surface area contributed by atoms with Crippen LogP contribution >= 0.6 is 0 Å². The fourth-order valence-electron chi connectivity index (χ4n) is 3.26. The van der Waals surface area contributed by atoms with Crippen molar-refractivity contribution >= 4 is 5.96 Å². The summed E-state index contributed by atoms with van der Waals surface area (Å²) in [7, 11) is 4.88. The summed E-state index contributed by atoms with van der Waals surface area (Å²) in [5.41, 5.74) is 0.973. The summed E-state index contributed by atoms with van der Waals surface area (Å²) in [5.74, 6) is 3.60. The molecule has 1 heterocycles. The molecule has 1 aliphatic rings. The summed E-state index contributed by atoms with van der Waals surface area (Å²) in [5, 5.41) is 3.41. The Balaban J connectivity index is 2.24. The number of hydrogen-bond acceptors (Lipinski definition) is 4. The summed E-state index contributed by atoms with van der Waals surface area (Å²) in [6.07, 6.45) is 2.50. The van der Waals surface area contributed by atoms with E-state index in [1.165, 1.54) is 12.8 Å². The molecule has 6 nitrogen and oxygen atoms in total. The fourth-order valence-corrected chi connectivity index (χ4v) is 3.26. The topological polar surface area (TPSA) is 55.3 Å². The smallest absolute Gasteiger partial charge is 0.203 e. The monoisotopic (exact) mass is 349 g/mol. The highest BCUT2D eigenvalue weighted by Crippen LogP contribution is 2.40. The van der Waals surface area contributed by atoms with Gasteiger partial charge in [0.25, 0.3) is 0 Å². The Morgan fingerprint density at radius 1 is 1.20 bits per heavy atom. The highest BCUT2D eigenvalue weighted by Gasteiger charge is 2.20.